The summed E-state index contributed by atoms with van der Waals surface area (Å²) in [5, 5.41) is 0. The summed E-state index contributed by atoms with van der Waals surface area (Å²) < 4.78 is 1.86. The van der Waals surface area contributed by atoms with Crippen LogP contribution in [0.4, 0.5) is 0 Å². The molecule has 3 rings (SSSR count). The van der Waals surface area contributed by atoms with Crippen LogP contribution in [0.15, 0.2) is 0 Å². The van der Waals surface area contributed by atoms with Crippen LogP contribution in [-0.4, -0.2) is 58.0 Å². The van der Waals surface area contributed by atoms with Crippen molar-refractivity contribution in [2.75, 3.05) is 26.7 Å². The Morgan fingerprint density at radius 3 is 2.60 bits per heavy atom. The number of likely N-dealkylation sites (tertiary alicyclic amines) is 1. The third kappa shape index (κ3) is 2.33. The first kappa shape index (κ1) is 13.6. The van der Waals surface area contributed by atoms with Gasteiger partial charge in [-0.05, 0) is 33.0 Å². The van der Waals surface area contributed by atoms with E-state index in [2.05, 4.69) is 21.8 Å². The molecule has 0 atom stereocenters. The summed E-state index contributed by atoms with van der Waals surface area (Å²) in [7, 11) is 4.07. The lowest BCUT2D eigenvalue weighted by molar-refractivity contribution is 0.0987. The molecular formula is C14H23N5O. The molecule has 1 saturated heterocycles. The standard InChI is InChI=1S/C14H23N5O/c1-17-6-3-10(4-7-17)19-8-5-12-11(9-19)16-14(13(15)20)18(12)2/h10H,3-9H2,1-2H3,(H2,15,20). The van der Waals surface area contributed by atoms with Gasteiger partial charge in [-0.25, -0.2) is 4.98 Å². The van der Waals surface area contributed by atoms with E-state index in [1.54, 1.807) is 0 Å². The Labute approximate surface area is 119 Å². The monoisotopic (exact) mass is 277 g/mol. The molecule has 2 N–H and O–H groups in total. The zero-order valence-electron chi connectivity index (χ0n) is 12.3. The molecule has 0 bridgehead atoms. The molecule has 1 amide bonds. The highest BCUT2D eigenvalue weighted by atomic mass is 16.1. The van der Waals surface area contributed by atoms with Gasteiger partial charge in [0.15, 0.2) is 5.82 Å². The second-order valence-corrected chi connectivity index (χ2v) is 6.01. The highest BCUT2D eigenvalue weighted by Crippen LogP contribution is 2.24. The van der Waals surface area contributed by atoms with Gasteiger partial charge in [0.05, 0.1) is 5.69 Å². The van der Waals surface area contributed by atoms with E-state index < -0.39 is 5.91 Å². The number of carbonyl (C=O) groups excluding carboxylic acids is 1. The summed E-state index contributed by atoms with van der Waals surface area (Å²) in [5.74, 6) is -0.0482. The van der Waals surface area contributed by atoms with Gasteiger partial charge in [-0.15, -0.1) is 0 Å². The number of carbonyl (C=O) groups is 1. The van der Waals surface area contributed by atoms with E-state index in [1.165, 1.54) is 31.6 Å². The van der Waals surface area contributed by atoms with Crippen molar-refractivity contribution in [3.05, 3.63) is 17.2 Å². The molecule has 0 radical (unpaired) electrons. The zero-order valence-corrected chi connectivity index (χ0v) is 12.3. The number of rotatable bonds is 2. The number of primary amides is 1. The van der Waals surface area contributed by atoms with Crippen LogP contribution in [0.3, 0.4) is 0 Å². The van der Waals surface area contributed by atoms with Gasteiger partial charge in [0, 0.05) is 38.3 Å². The second kappa shape index (κ2) is 5.18. The van der Waals surface area contributed by atoms with E-state index in [0.29, 0.717) is 11.9 Å². The predicted molar refractivity (Wildman–Crippen MR) is 76.4 cm³/mol. The Hall–Kier alpha value is -1.40. The lowest BCUT2D eigenvalue weighted by atomic mass is 10.0. The Bertz CT molecular complexity index is 516. The number of imidazole rings is 1. The van der Waals surface area contributed by atoms with Gasteiger partial charge < -0.3 is 15.2 Å². The van der Waals surface area contributed by atoms with E-state index in [1.807, 2.05) is 11.6 Å². The minimum atomic E-state index is -0.437. The molecule has 3 heterocycles. The maximum Gasteiger partial charge on any atom is 0.284 e. The molecular weight excluding hydrogens is 254 g/mol. The van der Waals surface area contributed by atoms with Crippen LogP contribution < -0.4 is 5.73 Å². The van der Waals surface area contributed by atoms with Crippen LogP contribution >= 0.6 is 0 Å². The quantitative estimate of drug-likeness (QED) is 0.824. The van der Waals surface area contributed by atoms with Gasteiger partial charge in [0.2, 0.25) is 0 Å². The molecule has 2 aliphatic heterocycles. The van der Waals surface area contributed by atoms with Crippen LogP contribution in [0.25, 0.3) is 0 Å². The number of fused-ring (bicyclic) bond motifs is 1. The molecule has 0 unspecified atom stereocenters. The molecule has 6 nitrogen and oxygen atoms in total. The first-order valence-electron chi connectivity index (χ1n) is 7.33. The minimum absolute atomic E-state index is 0.389. The van der Waals surface area contributed by atoms with Gasteiger partial charge in [-0.2, -0.15) is 0 Å². The fraction of sp³-hybridized carbons (Fsp3) is 0.714. The normalized spacial score (nSPS) is 21.9. The van der Waals surface area contributed by atoms with E-state index in [-0.39, 0.29) is 0 Å². The van der Waals surface area contributed by atoms with Crippen molar-refractivity contribution in [1.29, 1.82) is 0 Å². The maximum atomic E-state index is 11.4. The average Bonchev–Trinajstić information content (AvgIpc) is 2.77. The Morgan fingerprint density at radius 2 is 1.95 bits per heavy atom. The third-order valence-electron chi connectivity index (χ3n) is 4.71. The van der Waals surface area contributed by atoms with E-state index in [9.17, 15) is 4.79 Å². The highest BCUT2D eigenvalue weighted by molar-refractivity contribution is 5.89. The summed E-state index contributed by atoms with van der Waals surface area (Å²) in [6, 6.07) is 0.651. The molecule has 0 saturated carbocycles. The smallest absolute Gasteiger partial charge is 0.284 e. The van der Waals surface area contributed by atoms with Crippen LogP contribution in [0.2, 0.25) is 0 Å². The maximum absolute atomic E-state index is 11.4. The predicted octanol–water partition coefficient (Wildman–Crippen LogP) is -0.0287. The fourth-order valence-electron chi connectivity index (χ4n) is 3.44. The van der Waals surface area contributed by atoms with Crippen LogP contribution in [0.5, 0.6) is 0 Å². The first-order chi connectivity index (χ1) is 9.56. The number of hydrogen-bond donors (Lipinski definition) is 1. The van der Waals surface area contributed by atoms with Crippen molar-refractivity contribution in [2.45, 2.75) is 31.8 Å². The average molecular weight is 277 g/mol. The SMILES string of the molecule is CN1CCC(N2CCc3c(nc(C(N)=O)n3C)C2)CC1. The largest absolute Gasteiger partial charge is 0.363 e. The number of amides is 1. The van der Waals surface area contributed by atoms with Crippen molar-refractivity contribution in [3.63, 3.8) is 0 Å². The topological polar surface area (TPSA) is 67.4 Å². The second-order valence-electron chi connectivity index (χ2n) is 6.01. The molecule has 2 aliphatic rings. The summed E-state index contributed by atoms with van der Waals surface area (Å²) >= 11 is 0. The van der Waals surface area contributed by atoms with E-state index in [0.717, 1.165) is 25.2 Å². The number of piperidine rings is 1. The highest BCUT2D eigenvalue weighted by Gasteiger charge is 2.29. The summed E-state index contributed by atoms with van der Waals surface area (Å²) in [4.78, 5) is 20.7. The van der Waals surface area contributed by atoms with Gasteiger partial charge in [-0.1, -0.05) is 0 Å². The Kier molecular flexibility index (Phi) is 3.52. The van der Waals surface area contributed by atoms with Crippen molar-refractivity contribution in [2.24, 2.45) is 12.8 Å². The van der Waals surface area contributed by atoms with Crippen LogP contribution in [-0.2, 0) is 20.0 Å². The number of aromatic nitrogens is 2. The Balaban J connectivity index is 1.75. The summed E-state index contributed by atoms with van der Waals surface area (Å²) in [5.41, 5.74) is 7.58. The fourth-order valence-corrected chi connectivity index (χ4v) is 3.44. The van der Waals surface area contributed by atoms with Gasteiger partial charge in [-0.3, -0.25) is 9.69 Å². The first-order valence-corrected chi connectivity index (χ1v) is 7.33. The van der Waals surface area contributed by atoms with E-state index in [4.69, 9.17) is 5.73 Å². The van der Waals surface area contributed by atoms with Crippen molar-refractivity contribution < 1.29 is 4.79 Å². The third-order valence-corrected chi connectivity index (χ3v) is 4.71. The van der Waals surface area contributed by atoms with Crippen molar-refractivity contribution in [3.8, 4) is 0 Å². The van der Waals surface area contributed by atoms with Crippen molar-refractivity contribution >= 4 is 5.91 Å². The van der Waals surface area contributed by atoms with Crippen molar-refractivity contribution in [1.82, 2.24) is 19.4 Å². The molecule has 20 heavy (non-hydrogen) atoms. The molecule has 6 heteroatoms. The molecule has 1 aromatic heterocycles. The zero-order chi connectivity index (χ0) is 14.3. The number of nitrogens with zero attached hydrogens (tertiary/aromatic N) is 4. The van der Waals surface area contributed by atoms with Gasteiger partial charge >= 0.3 is 0 Å². The molecule has 110 valence electrons. The lowest BCUT2D eigenvalue weighted by Crippen LogP contribution is -2.45. The minimum Gasteiger partial charge on any atom is -0.363 e. The van der Waals surface area contributed by atoms with Crippen LogP contribution in [0, 0.1) is 0 Å². The summed E-state index contributed by atoms with van der Waals surface area (Å²) in [6.07, 6.45) is 3.40. The van der Waals surface area contributed by atoms with E-state index >= 15 is 0 Å². The Morgan fingerprint density at radius 1 is 1.25 bits per heavy atom. The summed E-state index contributed by atoms with van der Waals surface area (Å²) in [6.45, 7) is 4.25. The van der Waals surface area contributed by atoms with Crippen LogP contribution in [0.1, 0.15) is 34.8 Å². The van der Waals surface area contributed by atoms with Gasteiger partial charge in [0.1, 0.15) is 0 Å². The lowest BCUT2D eigenvalue weighted by Gasteiger charge is -2.38. The molecule has 1 aromatic rings. The molecule has 1 fully saturated rings. The molecule has 0 spiro atoms. The number of nitrogens with two attached hydrogens (primary N) is 1. The molecule has 0 aliphatic carbocycles. The van der Waals surface area contributed by atoms with Gasteiger partial charge in [0.25, 0.3) is 5.91 Å². The number of hydrogen-bond acceptors (Lipinski definition) is 4. The molecule has 0 aromatic carbocycles.